The van der Waals surface area contributed by atoms with Crippen molar-refractivity contribution in [1.29, 1.82) is 5.26 Å². The zero-order chi connectivity index (χ0) is 14.8. The van der Waals surface area contributed by atoms with Gasteiger partial charge in [0.05, 0.1) is 0 Å². The lowest BCUT2D eigenvalue weighted by molar-refractivity contribution is 0.936. The minimum Gasteiger partial charge on any atom is -0.234 e. The van der Waals surface area contributed by atoms with Crippen molar-refractivity contribution in [2.45, 2.75) is 20.3 Å². The number of rotatable bonds is 3. The number of aromatic nitrogens is 4. The third-order valence-corrected chi connectivity index (χ3v) is 4.44. The van der Waals surface area contributed by atoms with Gasteiger partial charge in [-0.3, -0.25) is 0 Å². The van der Waals surface area contributed by atoms with Crippen molar-refractivity contribution in [2.24, 2.45) is 0 Å². The number of hydrogen-bond acceptors (Lipinski definition) is 5. The van der Waals surface area contributed by atoms with Crippen LogP contribution in [0.2, 0.25) is 0 Å². The molecule has 1 N–H and O–H groups in total. The number of aromatic amines is 1. The van der Waals surface area contributed by atoms with Gasteiger partial charge in [-0.15, -0.1) is 16.4 Å². The van der Waals surface area contributed by atoms with Crippen LogP contribution in [0.15, 0.2) is 24.3 Å². The summed E-state index contributed by atoms with van der Waals surface area (Å²) in [7, 11) is 0. The van der Waals surface area contributed by atoms with Crippen LogP contribution in [-0.2, 0) is 6.42 Å². The maximum Gasteiger partial charge on any atom is 0.192 e. The number of H-pyrrole nitrogens is 1. The van der Waals surface area contributed by atoms with Gasteiger partial charge in [-0.1, -0.05) is 36.8 Å². The zero-order valence-corrected chi connectivity index (χ0v) is 12.5. The fraction of sp³-hybridized carbons (Fsp3) is 0.200. The van der Waals surface area contributed by atoms with E-state index in [0.717, 1.165) is 27.6 Å². The van der Waals surface area contributed by atoms with Crippen LogP contribution in [0.5, 0.6) is 0 Å². The molecule has 6 heteroatoms. The summed E-state index contributed by atoms with van der Waals surface area (Å²) in [5.41, 5.74) is 3.86. The van der Waals surface area contributed by atoms with E-state index in [4.69, 9.17) is 5.26 Å². The summed E-state index contributed by atoms with van der Waals surface area (Å²) in [6, 6.07) is 10.3. The Morgan fingerprint density at radius 3 is 2.62 bits per heavy atom. The number of hydrogen-bond donors (Lipinski definition) is 1. The highest BCUT2D eigenvalue weighted by Gasteiger charge is 2.19. The molecule has 0 saturated carbocycles. The Hall–Kier alpha value is -2.52. The van der Waals surface area contributed by atoms with Crippen LogP contribution in [0.3, 0.4) is 0 Å². The van der Waals surface area contributed by atoms with Crippen LogP contribution in [0.4, 0.5) is 0 Å². The molecule has 0 bridgehead atoms. The van der Waals surface area contributed by atoms with E-state index in [9.17, 15) is 0 Å². The SMILES string of the molecule is CCc1sc(-c2ccc(C)cc2)nc1-c1n[nH]nc1C#N. The summed E-state index contributed by atoms with van der Waals surface area (Å²) in [5, 5.41) is 20.4. The Bertz CT molecular complexity index is 807. The van der Waals surface area contributed by atoms with Crippen molar-refractivity contribution in [1.82, 2.24) is 20.4 Å². The number of nitriles is 1. The highest BCUT2D eigenvalue weighted by molar-refractivity contribution is 7.15. The predicted molar refractivity (Wildman–Crippen MR) is 81.8 cm³/mol. The summed E-state index contributed by atoms with van der Waals surface area (Å²) >= 11 is 1.63. The van der Waals surface area contributed by atoms with E-state index >= 15 is 0 Å². The normalized spacial score (nSPS) is 10.5. The fourth-order valence-corrected chi connectivity index (χ4v) is 3.08. The van der Waals surface area contributed by atoms with E-state index in [2.05, 4.69) is 58.5 Å². The third-order valence-electron chi connectivity index (χ3n) is 3.20. The van der Waals surface area contributed by atoms with Crippen LogP contribution in [0, 0.1) is 18.3 Å². The molecule has 3 aromatic rings. The Morgan fingerprint density at radius 2 is 1.95 bits per heavy atom. The molecule has 0 saturated heterocycles. The molecule has 2 heterocycles. The van der Waals surface area contributed by atoms with Gasteiger partial charge >= 0.3 is 0 Å². The van der Waals surface area contributed by atoms with Gasteiger partial charge in [-0.2, -0.15) is 15.6 Å². The molecule has 0 radical (unpaired) electrons. The first-order valence-corrected chi connectivity index (χ1v) is 7.42. The molecule has 0 aliphatic heterocycles. The minimum atomic E-state index is 0.283. The largest absolute Gasteiger partial charge is 0.234 e. The second kappa shape index (κ2) is 5.46. The molecule has 0 atom stereocenters. The van der Waals surface area contributed by atoms with Gasteiger partial charge in [-0.05, 0) is 13.3 Å². The van der Waals surface area contributed by atoms with E-state index in [1.165, 1.54) is 5.56 Å². The van der Waals surface area contributed by atoms with Crippen molar-refractivity contribution in [3.63, 3.8) is 0 Å². The number of benzene rings is 1. The average Bonchev–Trinajstić information content (AvgIpc) is 3.13. The molecular formula is C15H13N5S. The smallest absolute Gasteiger partial charge is 0.192 e. The first-order valence-electron chi connectivity index (χ1n) is 6.61. The average molecular weight is 295 g/mol. The zero-order valence-electron chi connectivity index (χ0n) is 11.7. The molecule has 21 heavy (non-hydrogen) atoms. The molecule has 0 aliphatic carbocycles. The van der Waals surface area contributed by atoms with Gasteiger partial charge in [-0.25, -0.2) is 4.98 Å². The molecule has 104 valence electrons. The van der Waals surface area contributed by atoms with Crippen LogP contribution < -0.4 is 0 Å². The molecule has 5 nitrogen and oxygen atoms in total. The minimum absolute atomic E-state index is 0.283. The number of aryl methyl sites for hydroxylation is 2. The Balaban J connectivity index is 2.11. The summed E-state index contributed by atoms with van der Waals surface area (Å²) in [4.78, 5) is 5.78. The molecule has 3 rings (SSSR count). The predicted octanol–water partition coefficient (Wildman–Crippen LogP) is 3.34. The van der Waals surface area contributed by atoms with Gasteiger partial charge in [0.1, 0.15) is 16.8 Å². The summed E-state index contributed by atoms with van der Waals surface area (Å²) in [6.45, 7) is 4.13. The molecule has 0 spiro atoms. The second-order valence-electron chi connectivity index (χ2n) is 4.64. The van der Waals surface area contributed by atoms with Gasteiger partial charge in [0.25, 0.3) is 0 Å². The summed E-state index contributed by atoms with van der Waals surface area (Å²) < 4.78 is 0. The highest BCUT2D eigenvalue weighted by Crippen LogP contribution is 2.34. The van der Waals surface area contributed by atoms with E-state index in [1.807, 2.05) is 6.07 Å². The van der Waals surface area contributed by atoms with Crippen LogP contribution >= 0.6 is 11.3 Å². The quantitative estimate of drug-likeness (QED) is 0.803. The molecule has 1 aromatic carbocycles. The van der Waals surface area contributed by atoms with E-state index in [-0.39, 0.29) is 5.69 Å². The van der Waals surface area contributed by atoms with E-state index in [1.54, 1.807) is 11.3 Å². The van der Waals surface area contributed by atoms with Crippen molar-refractivity contribution in [3.05, 3.63) is 40.4 Å². The van der Waals surface area contributed by atoms with Crippen molar-refractivity contribution in [3.8, 4) is 28.0 Å². The molecule has 0 aliphatic rings. The molecule has 0 amide bonds. The second-order valence-corrected chi connectivity index (χ2v) is 5.73. The van der Waals surface area contributed by atoms with Gasteiger partial charge < -0.3 is 0 Å². The molecule has 0 unspecified atom stereocenters. The maximum atomic E-state index is 9.09. The first kappa shape index (κ1) is 13.5. The lowest BCUT2D eigenvalue weighted by atomic mass is 10.1. The molecule has 0 fully saturated rings. The van der Waals surface area contributed by atoms with Crippen molar-refractivity contribution in [2.75, 3.05) is 0 Å². The standard InChI is InChI=1S/C15H13N5S/c1-3-12-14(13-11(8-16)18-20-19-13)17-15(21-12)10-6-4-9(2)5-7-10/h4-7H,3H2,1-2H3,(H,18,19,20). The Morgan fingerprint density at radius 1 is 1.19 bits per heavy atom. The van der Waals surface area contributed by atoms with Crippen LogP contribution in [0.1, 0.15) is 23.1 Å². The lowest BCUT2D eigenvalue weighted by Gasteiger charge is -1.96. The third kappa shape index (κ3) is 2.43. The number of nitrogens with zero attached hydrogens (tertiary/aromatic N) is 4. The fourth-order valence-electron chi connectivity index (χ4n) is 2.07. The summed E-state index contributed by atoms with van der Waals surface area (Å²) in [6.07, 6.45) is 0.844. The van der Waals surface area contributed by atoms with Crippen molar-refractivity contribution < 1.29 is 0 Å². The van der Waals surface area contributed by atoms with Crippen LogP contribution in [-0.4, -0.2) is 20.4 Å². The lowest BCUT2D eigenvalue weighted by Crippen LogP contribution is -1.87. The van der Waals surface area contributed by atoms with Gasteiger partial charge in [0, 0.05) is 10.4 Å². The van der Waals surface area contributed by atoms with Crippen molar-refractivity contribution >= 4 is 11.3 Å². The molecular weight excluding hydrogens is 282 g/mol. The van der Waals surface area contributed by atoms with Gasteiger partial charge in [0.15, 0.2) is 11.4 Å². The number of nitrogens with one attached hydrogen (secondary N) is 1. The summed E-state index contributed by atoms with van der Waals surface area (Å²) in [5.74, 6) is 0. The monoisotopic (exact) mass is 295 g/mol. The Kier molecular flexibility index (Phi) is 3.50. The van der Waals surface area contributed by atoms with E-state index < -0.39 is 0 Å². The molecule has 2 aromatic heterocycles. The van der Waals surface area contributed by atoms with E-state index in [0.29, 0.717) is 5.69 Å². The highest BCUT2D eigenvalue weighted by atomic mass is 32.1. The van der Waals surface area contributed by atoms with Gasteiger partial charge in [0.2, 0.25) is 0 Å². The topological polar surface area (TPSA) is 78.2 Å². The maximum absolute atomic E-state index is 9.09. The first-order chi connectivity index (χ1) is 10.2. The Labute approximate surface area is 126 Å². The number of thiazole rings is 1. The van der Waals surface area contributed by atoms with Crippen LogP contribution in [0.25, 0.3) is 22.0 Å².